The van der Waals surface area contributed by atoms with Gasteiger partial charge in [0.1, 0.15) is 12.4 Å². The van der Waals surface area contributed by atoms with Crippen LogP contribution in [0.1, 0.15) is 24.5 Å². The predicted molar refractivity (Wildman–Crippen MR) is 103 cm³/mol. The van der Waals surface area contributed by atoms with Crippen LogP contribution in [0.15, 0.2) is 53.6 Å². The second-order valence-corrected chi connectivity index (χ2v) is 6.66. The molecule has 0 radical (unpaired) electrons. The lowest BCUT2D eigenvalue weighted by Crippen LogP contribution is -2.33. The Balaban J connectivity index is 1.51. The smallest absolute Gasteiger partial charge is 0.245 e. The average Bonchev–Trinajstić information content (AvgIpc) is 3.07. The molecule has 0 saturated carbocycles. The largest absolute Gasteiger partial charge is 0.489 e. The van der Waals surface area contributed by atoms with Gasteiger partial charge >= 0.3 is 0 Å². The highest BCUT2D eigenvalue weighted by atomic mass is 35.5. The van der Waals surface area contributed by atoms with E-state index in [0.717, 1.165) is 11.1 Å². The van der Waals surface area contributed by atoms with Crippen LogP contribution in [0.4, 0.5) is 0 Å². The molecule has 1 heterocycles. The Morgan fingerprint density at radius 2 is 2.04 bits per heavy atom. The minimum atomic E-state index is -0.869. The van der Waals surface area contributed by atoms with E-state index in [1.54, 1.807) is 13.1 Å². The third-order valence-electron chi connectivity index (χ3n) is 3.99. The highest BCUT2D eigenvalue weighted by Crippen LogP contribution is 2.22. The molecule has 7 heteroatoms. The second-order valence-electron chi connectivity index (χ2n) is 6.25. The zero-order valence-electron chi connectivity index (χ0n) is 15.0. The standard InChI is InChI=1S/C20H21ClN2O4/c1-20(26-9-10-27-20)12-19(24)23-22-13-15-5-4-7-17(11-15)25-14-16-6-2-3-8-18(16)21/h2-8,11,13H,9-10,12,14H2,1H3,(H,23,24)/b22-13-. The topological polar surface area (TPSA) is 69.2 Å². The number of ether oxygens (including phenoxy) is 3. The van der Waals surface area contributed by atoms with E-state index < -0.39 is 5.79 Å². The summed E-state index contributed by atoms with van der Waals surface area (Å²) in [6.45, 7) is 3.10. The van der Waals surface area contributed by atoms with Gasteiger partial charge in [-0.05, 0) is 30.7 Å². The molecule has 0 aromatic heterocycles. The number of halogens is 1. The molecule has 0 unspecified atom stereocenters. The van der Waals surface area contributed by atoms with Gasteiger partial charge in [0.15, 0.2) is 5.79 Å². The van der Waals surface area contributed by atoms with Gasteiger partial charge < -0.3 is 14.2 Å². The molecule has 1 amide bonds. The lowest BCUT2D eigenvalue weighted by atomic mass is 10.2. The molecule has 1 aliphatic heterocycles. The summed E-state index contributed by atoms with van der Waals surface area (Å²) >= 11 is 6.13. The first-order valence-corrected chi connectivity index (χ1v) is 8.98. The summed E-state index contributed by atoms with van der Waals surface area (Å²) in [4.78, 5) is 11.9. The second kappa shape index (κ2) is 8.99. The maximum absolute atomic E-state index is 11.9. The van der Waals surface area contributed by atoms with Crippen LogP contribution in [0.25, 0.3) is 0 Å². The van der Waals surface area contributed by atoms with Crippen molar-refractivity contribution in [1.82, 2.24) is 5.43 Å². The van der Waals surface area contributed by atoms with Crippen molar-refractivity contribution in [3.05, 3.63) is 64.7 Å². The molecule has 1 saturated heterocycles. The molecule has 1 N–H and O–H groups in total. The van der Waals surface area contributed by atoms with Crippen molar-refractivity contribution in [3.63, 3.8) is 0 Å². The quantitative estimate of drug-likeness (QED) is 0.582. The normalized spacial score (nSPS) is 15.8. The third kappa shape index (κ3) is 5.79. The first-order chi connectivity index (χ1) is 13.0. The summed E-state index contributed by atoms with van der Waals surface area (Å²) in [7, 11) is 0. The zero-order chi connectivity index (χ0) is 19.1. The molecule has 3 rings (SSSR count). The Labute approximate surface area is 163 Å². The molecule has 0 bridgehead atoms. The number of benzene rings is 2. The average molecular weight is 389 g/mol. The van der Waals surface area contributed by atoms with E-state index in [-0.39, 0.29) is 12.3 Å². The van der Waals surface area contributed by atoms with Crippen LogP contribution in [0.2, 0.25) is 5.02 Å². The molecule has 1 aliphatic rings. The molecule has 142 valence electrons. The highest BCUT2D eigenvalue weighted by molar-refractivity contribution is 6.31. The summed E-state index contributed by atoms with van der Waals surface area (Å²) in [5.41, 5.74) is 4.19. The Morgan fingerprint density at radius 1 is 1.26 bits per heavy atom. The van der Waals surface area contributed by atoms with E-state index in [0.29, 0.717) is 30.6 Å². The maximum Gasteiger partial charge on any atom is 0.245 e. The van der Waals surface area contributed by atoms with Gasteiger partial charge in [0.2, 0.25) is 5.91 Å². The Morgan fingerprint density at radius 3 is 2.81 bits per heavy atom. The van der Waals surface area contributed by atoms with Crippen molar-refractivity contribution in [2.75, 3.05) is 13.2 Å². The number of rotatable bonds is 7. The Kier molecular flexibility index (Phi) is 6.45. The van der Waals surface area contributed by atoms with E-state index in [4.69, 9.17) is 25.8 Å². The van der Waals surface area contributed by atoms with Crippen LogP contribution in [0.3, 0.4) is 0 Å². The fraction of sp³-hybridized carbons (Fsp3) is 0.300. The number of hydrogen-bond acceptors (Lipinski definition) is 5. The number of carbonyl (C=O) groups is 1. The van der Waals surface area contributed by atoms with Gasteiger partial charge in [-0.2, -0.15) is 5.10 Å². The molecule has 1 fully saturated rings. The summed E-state index contributed by atoms with van der Waals surface area (Å²) in [6.07, 6.45) is 1.64. The van der Waals surface area contributed by atoms with Gasteiger partial charge in [0, 0.05) is 10.6 Å². The van der Waals surface area contributed by atoms with Crippen molar-refractivity contribution < 1.29 is 19.0 Å². The van der Waals surface area contributed by atoms with Crippen molar-refractivity contribution in [2.45, 2.75) is 25.7 Å². The lowest BCUT2D eigenvalue weighted by molar-refractivity contribution is -0.159. The Bertz CT molecular complexity index is 819. The van der Waals surface area contributed by atoms with E-state index in [2.05, 4.69) is 10.5 Å². The van der Waals surface area contributed by atoms with Crippen molar-refractivity contribution in [3.8, 4) is 5.75 Å². The molecule has 27 heavy (non-hydrogen) atoms. The zero-order valence-corrected chi connectivity index (χ0v) is 15.7. The van der Waals surface area contributed by atoms with Gasteiger partial charge in [-0.25, -0.2) is 5.43 Å². The summed E-state index contributed by atoms with van der Waals surface area (Å²) < 4.78 is 16.6. The van der Waals surface area contributed by atoms with Crippen LogP contribution < -0.4 is 10.2 Å². The number of hydrazone groups is 1. The molecule has 6 nitrogen and oxygen atoms in total. The van der Waals surface area contributed by atoms with E-state index in [1.165, 1.54) is 0 Å². The van der Waals surface area contributed by atoms with Crippen LogP contribution >= 0.6 is 11.6 Å². The highest BCUT2D eigenvalue weighted by Gasteiger charge is 2.33. The number of nitrogens with zero attached hydrogens (tertiary/aromatic N) is 1. The van der Waals surface area contributed by atoms with Crippen LogP contribution in [0, 0.1) is 0 Å². The number of nitrogens with one attached hydrogen (secondary N) is 1. The minimum Gasteiger partial charge on any atom is -0.489 e. The molecule has 0 spiro atoms. The van der Waals surface area contributed by atoms with Gasteiger partial charge in [-0.3, -0.25) is 4.79 Å². The van der Waals surface area contributed by atoms with Crippen molar-refractivity contribution in [1.29, 1.82) is 0 Å². The van der Waals surface area contributed by atoms with Crippen LogP contribution in [-0.2, 0) is 20.9 Å². The molecule has 2 aromatic rings. The molecule has 0 atom stereocenters. The van der Waals surface area contributed by atoms with Gasteiger partial charge in [-0.1, -0.05) is 41.9 Å². The van der Waals surface area contributed by atoms with Crippen molar-refractivity contribution >= 4 is 23.7 Å². The first-order valence-electron chi connectivity index (χ1n) is 8.60. The third-order valence-corrected chi connectivity index (χ3v) is 4.36. The van der Waals surface area contributed by atoms with E-state index >= 15 is 0 Å². The van der Waals surface area contributed by atoms with Crippen LogP contribution in [0.5, 0.6) is 5.75 Å². The number of hydrogen-bond donors (Lipinski definition) is 1. The molecular formula is C20H21ClN2O4. The fourth-order valence-corrected chi connectivity index (χ4v) is 2.82. The summed E-state index contributed by atoms with van der Waals surface area (Å²) in [5, 5.41) is 4.64. The Hall–Kier alpha value is -2.41. The summed E-state index contributed by atoms with van der Waals surface area (Å²) in [5.74, 6) is -0.459. The SMILES string of the molecule is CC1(CC(=O)N/N=C\c2cccc(OCc3ccccc3Cl)c2)OCCO1. The number of carbonyl (C=O) groups excluding carboxylic acids is 1. The van der Waals surface area contributed by atoms with E-state index in [9.17, 15) is 4.79 Å². The minimum absolute atomic E-state index is 0.0886. The predicted octanol–water partition coefficient (Wildman–Crippen LogP) is 3.52. The number of amides is 1. The summed E-state index contributed by atoms with van der Waals surface area (Å²) in [6, 6.07) is 14.9. The fourth-order valence-electron chi connectivity index (χ4n) is 2.63. The molecular weight excluding hydrogens is 368 g/mol. The monoisotopic (exact) mass is 388 g/mol. The van der Waals surface area contributed by atoms with Crippen LogP contribution in [-0.4, -0.2) is 31.1 Å². The first kappa shape index (κ1) is 19.4. The maximum atomic E-state index is 11.9. The lowest BCUT2D eigenvalue weighted by Gasteiger charge is -2.20. The van der Waals surface area contributed by atoms with Gasteiger partial charge in [-0.15, -0.1) is 0 Å². The molecule has 2 aromatic carbocycles. The van der Waals surface area contributed by atoms with E-state index in [1.807, 2.05) is 48.5 Å². The van der Waals surface area contributed by atoms with Crippen molar-refractivity contribution in [2.24, 2.45) is 5.10 Å². The van der Waals surface area contributed by atoms with Gasteiger partial charge in [0.05, 0.1) is 25.8 Å². The molecule has 0 aliphatic carbocycles. The van der Waals surface area contributed by atoms with Gasteiger partial charge in [0.25, 0.3) is 0 Å².